The van der Waals surface area contributed by atoms with E-state index in [1.165, 1.54) is 0 Å². The van der Waals surface area contributed by atoms with Gasteiger partial charge in [0, 0.05) is 0 Å². The van der Waals surface area contributed by atoms with Gasteiger partial charge in [-0.05, 0) is 13.8 Å². The van der Waals surface area contributed by atoms with Crippen LogP contribution in [0.2, 0.25) is 0 Å². The number of halogens is 6. The lowest BCUT2D eigenvalue weighted by Gasteiger charge is -2.29. The summed E-state index contributed by atoms with van der Waals surface area (Å²) in [6, 6.07) is 0. The molecular weight excluding hydrogens is 282 g/mol. The van der Waals surface area contributed by atoms with E-state index in [4.69, 9.17) is 0 Å². The van der Waals surface area contributed by atoms with Gasteiger partial charge in [-0.15, -0.1) is 0 Å². The van der Waals surface area contributed by atoms with Gasteiger partial charge in [0.15, 0.2) is 0 Å². The van der Waals surface area contributed by atoms with Gasteiger partial charge in [-0.2, -0.15) is 22.0 Å². The molecule has 0 aliphatic rings. The molecule has 0 nitrogen and oxygen atoms in total. The Morgan fingerprint density at radius 3 is 1.18 bits per heavy atom. The second-order valence-electron chi connectivity index (χ2n) is 2.54. The average Bonchev–Trinajstić information content (AvgIpc) is 1.58. The molecule has 0 N–H and O–H groups in total. The standard InChI is InChI=1S/C5H6F5I/c1-3(2,11)4(6,7)5(8,9)10/h1-2H3. The molecule has 0 heterocycles. The van der Waals surface area contributed by atoms with Crippen LogP contribution in [0.3, 0.4) is 0 Å². The molecule has 0 aromatic heterocycles. The predicted molar refractivity (Wildman–Crippen MR) is 39.1 cm³/mol. The van der Waals surface area contributed by atoms with Gasteiger partial charge in [0.25, 0.3) is 0 Å². The van der Waals surface area contributed by atoms with Crippen molar-refractivity contribution in [1.82, 2.24) is 0 Å². The second kappa shape index (κ2) is 2.70. The largest absolute Gasteiger partial charge is 0.454 e. The summed E-state index contributed by atoms with van der Waals surface area (Å²) in [5, 5.41) is 0. The summed E-state index contributed by atoms with van der Waals surface area (Å²) < 4.78 is 57.2. The molecule has 0 radical (unpaired) electrons. The molecule has 0 aromatic rings. The van der Waals surface area contributed by atoms with Crippen LogP contribution in [-0.4, -0.2) is 15.5 Å². The van der Waals surface area contributed by atoms with Crippen molar-refractivity contribution in [2.75, 3.05) is 0 Å². The molecule has 0 unspecified atom stereocenters. The molecule has 0 aliphatic heterocycles. The van der Waals surface area contributed by atoms with Crippen LogP contribution in [0, 0.1) is 0 Å². The lowest BCUT2D eigenvalue weighted by Crippen LogP contribution is -2.49. The minimum absolute atomic E-state index is 0.834. The third kappa shape index (κ3) is 2.16. The van der Waals surface area contributed by atoms with E-state index in [0.29, 0.717) is 0 Å². The molecule has 0 fully saturated rings. The molecular formula is C5H6F5I. The maximum Gasteiger partial charge on any atom is 0.454 e. The van der Waals surface area contributed by atoms with Crippen LogP contribution in [-0.2, 0) is 0 Å². The molecule has 0 saturated heterocycles. The van der Waals surface area contributed by atoms with Crippen LogP contribution in [0.1, 0.15) is 13.8 Å². The van der Waals surface area contributed by atoms with Gasteiger partial charge in [-0.1, -0.05) is 22.6 Å². The summed E-state index contributed by atoms with van der Waals surface area (Å²) in [5.74, 6) is -4.64. The van der Waals surface area contributed by atoms with Crippen molar-refractivity contribution < 1.29 is 22.0 Å². The number of hydrogen-bond acceptors (Lipinski definition) is 0. The van der Waals surface area contributed by atoms with Crippen molar-refractivity contribution in [2.45, 2.75) is 29.4 Å². The van der Waals surface area contributed by atoms with E-state index in [2.05, 4.69) is 0 Å². The molecule has 68 valence electrons. The van der Waals surface area contributed by atoms with Gasteiger partial charge < -0.3 is 0 Å². The lowest BCUT2D eigenvalue weighted by molar-refractivity contribution is -0.289. The van der Waals surface area contributed by atoms with Gasteiger partial charge in [-0.3, -0.25) is 0 Å². The smallest absolute Gasteiger partial charge is 0.195 e. The molecule has 0 saturated carbocycles. The summed E-state index contributed by atoms with van der Waals surface area (Å²) in [4.78, 5) is 0. The normalized spacial score (nSPS) is 15.3. The Bertz CT molecular complexity index is 126. The monoisotopic (exact) mass is 288 g/mol. The first kappa shape index (κ1) is 11.4. The van der Waals surface area contributed by atoms with E-state index in [1.54, 1.807) is 0 Å². The van der Waals surface area contributed by atoms with E-state index in [1.807, 2.05) is 0 Å². The minimum atomic E-state index is -5.46. The molecule has 11 heavy (non-hydrogen) atoms. The van der Waals surface area contributed by atoms with Gasteiger partial charge in [0.1, 0.15) is 0 Å². The van der Waals surface area contributed by atoms with Gasteiger partial charge in [-0.25, -0.2) is 0 Å². The molecule has 0 amide bonds. The average molecular weight is 288 g/mol. The highest BCUT2D eigenvalue weighted by atomic mass is 127. The number of hydrogen-bond donors (Lipinski definition) is 0. The molecule has 0 rings (SSSR count). The van der Waals surface area contributed by atoms with Crippen LogP contribution in [0.25, 0.3) is 0 Å². The molecule has 6 heteroatoms. The van der Waals surface area contributed by atoms with Crippen molar-refractivity contribution in [3.8, 4) is 0 Å². The SMILES string of the molecule is CC(C)(I)C(F)(F)C(F)(F)F. The van der Waals surface area contributed by atoms with Crippen LogP contribution >= 0.6 is 22.6 Å². The Morgan fingerprint density at radius 1 is 0.909 bits per heavy atom. The minimum Gasteiger partial charge on any atom is -0.195 e. The van der Waals surface area contributed by atoms with Crippen molar-refractivity contribution in [1.29, 1.82) is 0 Å². The Hall–Kier alpha value is 0.380. The Kier molecular flexibility index (Phi) is 2.80. The van der Waals surface area contributed by atoms with Gasteiger partial charge in [0.05, 0.1) is 3.42 Å². The summed E-state index contributed by atoms with van der Waals surface area (Å²) in [6.45, 7) is 1.67. The van der Waals surface area contributed by atoms with E-state index >= 15 is 0 Å². The van der Waals surface area contributed by atoms with Crippen LogP contribution in [0.5, 0.6) is 0 Å². The van der Waals surface area contributed by atoms with Crippen LogP contribution in [0.4, 0.5) is 22.0 Å². The summed E-state index contributed by atoms with van der Waals surface area (Å²) in [5.41, 5.74) is 0. The first-order chi connectivity index (χ1) is 4.50. The highest BCUT2D eigenvalue weighted by Gasteiger charge is 2.65. The molecule has 0 aromatic carbocycles. The van der Waals surface area contributed by atoms with E-state index in [-0.39, 0.29) is 0 Å². The third-order valence-corrected chi connectivity index (χ3v) is 1.78. The van der Waals surface area contributed by atoms with Gasteiger partial charge >= 0.3 is 12.1 Å². The Labute approximate surface area is 74.3 Å². The zero-order valence-electron chi connectivity index (χ0n) is 5.77. The van der Waals surface area contributed by atoms with Crippen molar-refractivity contribution >= 4 is 22.6 Å². The van der Waals surface area contributed by atoms with Gasteiger partial charge in [0.2, 0.25) is 0 Å². The number of alkyl halides is 6. The zero-order chi connectivity index (χ0) is 9.50. The first-order valence-electron chi connectivity index (χ1n) is 2.63. The third-order valence-electron chi connectivity index (χ3n) is 1.10. The fourth-order valence-corrected chi connectivity index (χ4v) is 0.643. The van der Waals surface area contributed by atoms with Crippen LogP contribution < -0.4 is 0 Å². The number of rotatable bonds is 1. The van der Waals surface area contributed by atoms with Crippen molar-refractivity contribution in [3.63, 3.8) is 0 Å². The van der Waals surface area contributed by atoms with E-state index in [0.717, 1.165) is 36.4 Å². The highest BCUT2D eigenvalue weighted by molar-refractivity contribution is 14.1. The zero-order valence-corrected chi connectivity index (χ0v) is 7.93. The first-order valence-corrected chi connectivity index (χ1v) is 3.71. The van der Waals surface area contributed by atoms with Crippen LogP contribution in [0.15, 0.2) is 0 Å². The fraction of sp³-hybridized carbons (Fsp3) is 1.00. The maximum atomic E-state index is 12.3. The van der Waals surface area contributed by atoms with Crippen molar-refractivity contribution in [3.05, 3.63) is 0 Å². The summed E-state index contributed by atoms with van der Waals surface area (Å²) in [6.07, 6.45) is -5.46. The van der Waals surface area contributed by atoms with E-state index in [9.17, 15) is 22.0 Å². The van der Waals surface area contributed by atoms with E-state index < -0.39 is 15.5 Å². The second-order valence-corrected chi connectivity index (χ2v) is 5.24. The summed E-state index contributed by atoms with van der Waals surface area (Å²) in [7, 11) is 0. The predicted octanol–water partition coefficient (Wildman–Crippen LogP) is 3.40. The maximum absolute atomic E-state index is 12.3. The highest BCUT2D eigenvalue weighted by Crippen LogP contribution is 2.47. The topological polar surface area (TPSA) is 0 Å². The molecule has 0 atom stereocenters. The fourth-order valence-electron chi connectivity index (χ4n) is 0.337. The lowest BCUT2D eigenvalue weighted by atomic mass is 10.1. The van der Waals surface area contributed by atoms with Crippen molar-refractivity contribution in [2.24, 2.45) is 0 Å². The molecule has 0 aliphatic carbocycles. The Morgan fingerprint density at radius 2 is 1.18 bits per heavy atom. The Balaban J connectivity index is 4.75. The molecule has 0 bridgehead atoms. The quantitative estimate of drug-likeness (QED) is 0.394. The molecule has 0 spiro atoms. The summed E-state index contributed by atoms with van der Waals surface area (Å²) >= 11 is 1.07.